The molecule has 4 fully saturated rings. The molecule has 0 spiro atoms. The summed E-state index contributed by atoms with van der Waals surface area (Å²) in [5.74, 6) is 2.91. The van der Waals surface area contributed by atoms with Gasteiger partial charge in [0.1, 0.15) is 6.61 Å². The number of fused-ring (bicyclic) bond motifs is 5. The lowest BCUT2D eigenvalue weighted by Gasteiger charge is -2.63. The van der Waals surface area contributed by atoms with Gasteiger partial charge in [-0.05, 0) is 78.6 Å². The summed E-state index contributed by atoms with van der Waals surface area (Å²) >= 11 is 0. The second-order valence-electron chi connectivity index (χ2n) is 11.9. The van der Waals surface area contributed by atoms with E-state index in [0.717, 1.165) is 31.2 Å². The number of rotatable bonds is 3. The van der Waals surface area contributed by atoms with Crippen LogP contribution in [-0.2, 0) is 16.1 Å². The molecule has 0 aromatic heterocycles. The van der Waals surface area contributed by atoms with Crippen molar-refractivity contribution >= 4 is 12.0 Å². The number of likely N-dealkylation sites (tertiary alicyclic amines) is 1. The lowest BCUT2D eigenvalue weighted by Crippen LogP contribution is -2.63. The van der Waals surface area contributed by atoms with Crippen LogP contribution in [0.5, 0.6) is 0 Å². The zero-order valence-electron chi connectivity index (χ0n) is 20.7. The van der Waals surface area contributed by atoms with Crippen molar-refractivity contribution in [1.82, 2.24) is 10.2 Å². The first-order valence-corrected chi connectivity index (χ1v) is 13.0. The fourth-order valence-corrected chi connectivity index (χ4v) is 8.61. The van der Waals surface area contributed by atoms with E-state index >= 15 is 0 Å². The molecule has 3 saturated carbocycles. The summed E-state index contributed by atoms with van der Waals surface area (Å²) in [5, 5.41) is 3.26. The Labute approximate surface area is 198 Å². The molecule has 1 heterocycles. The first-order valence-electron chi connectivity index (χ1n) is 13.0. The fraction of sp³-hybridized carbons (Fsp3) is 0.714. The molecule has 1 aliphatic heterocycles. The Morgan fingerprint density at radius 2 is 1.82 bits per heavy atom. The van der Waals surface area contributed by atoms with Crippen molar-refractivity contribution in [3.63, 3.8) is 0 Å². The van der Waals surface area contributed by atoms with Gasteiger partial charge in [0.15, 0.2) is 0 Å². The molecule has 1 N–H and O–H groups in total. The molecule has 4 aliphatic rings. The summed E-state index contributed by atoms with van der Waals surface area (Å²) in [6, 6.07) is 10.4. The summed E-state index contributed by atoms with van der Waals surface area (Å²) < 4.78 is 5.56. The molecule has 1 aromatic carbocycles. The van der Waals surface area contributed by atoms with Crippen molar-refractivity contribution in [2.45, 2.75) is 84.4 Å². The molecule has 8 atom stereocenters. The summed E-state index contributed by atoms with van der Waals surface area (Å²) in [5.41, 5.74) is 1.36. The Bertz CT molecular complexity index is 904. The number of nitrogens with zero attached hydrogens (tertiary/aromatic N) is 1. The maximum Gasteiger partial charge on any atom is 0.407 e. The fourth-order valence-electron chi connectivity index (χ4n) is 8.61. The number of piperidine rings is 1. The number of hydrogen-bond acceptors (Lipinski definition) is 3. The molecule has 3 aliphatic carbocycles. The van der Waals surface area contributed by atoms with Crippen molar-refractivity contribution in [2.24, 2.45) is 34.5 Å². The van der Waals surface area contributed by atoms with E-state index in [1.54, 1.807) is 0 Å². The van der Waals surface area contributed by atoms with Gasteiger partial charge in [-0.15, -0.1) is 0 Å². The number of hydrogen-bond donors (Lipinski definition) is 1. The molecule has 0 radical (unpaired) electrons. The van der Waals surface area contributed by atoms with Gasteiger partial charge in [-0.3, -0.25) is 4.79 Å². The van der Waals surface area contributed by atoms with Crippen LogP contribution in [0.4, 0.5) is 4.79 Å². The van der Waals surface area contributed by atoms with Crippen molar-refractivity contribution in [3.05, 3.63) is 35.9 Å². The Morgan fingerprint density at radius 1 is 1.09 bits per heavy atom. The standard InChI is InChI=1S/C28H40N2O3/c1-18-16-23-28(3,15-13-24(31)30(23)4)21-12-14-27(2)20(25(18)21)10-11-22(27)29-26(32)33-17-19-8-6-5-7-9-19/h5-9,18,20-23,25H,10-17H2,1-4H3,(H,29,32)/t18?,20-,21+,22?,23?,25-,27-,28+/m0/s1. The molecule has 0 bridgehead atoms. The zero-order valence-corrected chi connectivity index (χ0v) is 20.7. The molecule has 5 nitrogen and oxygen atoms in total. The maximum absolute atomic E-state index is 12.7. The first kappa shape index (κ1) is 22.7. The van der Waals surface area contributed by atoms with Crippen molar-refractivity contribution in [1.29, 1.82) is 0 Å². The molecular weight excluding hydrogens is 412 g/mol. The summed E-state index contributed by atoms with van der Waals surface area (Å²) in [4.78, 5) is 27.2. The lowest BCUT2D eigenvalue weighted by atomic mass is 9.45. The highest BCUT2D eigenvalue weighted by Crippen LogP contribution is 2.65. The van der Waals surface area contributed by atoms with Crippen LogP contribution in [0.15, 0.2) is 30.3 Å². The van der Waals surface area contributed by atoms with Crippen LogP contribution < -0.4 is 5.32 Å². The van der Waals surface area contributed by atoms with Crippen LogP contribution in [0.25, 0.3) is 0 Å². The van der Waals surface area contributed by atoms with Gasteiger partial charge in [0, 0.05) is 25.6 Å². The minimum atomic E-state index is -0.288. The Morgan fingerprint density at radius 3 is 2.58 bits per heavy atom. The van der Waals surface area contributed by atoms with Crippen molar-refractivity contribution < 1.29 is 14.3 Å². The van der Waals surface area contributed by atoms with Gasteiger partial charge in [-0.1, -0.05) is 51.1 Å². The SMILES string of the molecule is CC1CC2N(C)C(=O)CC[C@]2(C)[C@@H]2CC[C@]3(C)C(NC(=O)OCc4ccccc4)CC[C@H]3[C@H]12. The Balaban J connectivity index is 1.29. The summed E-state index contributed by atoms with van der Waals surface area (Å²) in [6.45, 7) is 7.62. The van der Waals surface area contributed by atoms with Gasteiger partial charge < -0.3 is 15.0 Å². The largest absolute Gasteiger partial charge is 0.445 e. The van der Waals surface area contributed by atoms with Gasteiger partial charge >= 0.3 is 6.09 Å². The number of ether oxygens (including phenoxy) is 1. The maximum atomic E-state index is 12.7. The highest BCUT2D eigenvalue weighted by molar-refractivity contribution is 5.77. The predicted octanol–water partition coefficient (Wildman–Crippen LogP) is 5.39. The monoisotopic (exact) mass is 452 g/mol. The van der Waals surface area contributed by atoms with E-state index in [2.05, 4.69) is 31.0 Å². The molecule has 2 amide bonds. The molecule has 5 rings (SSSR count). The second kappa shape index (κ2) is 8.32. The lowest BCUT2D eigenvalue weighted by molar-refractivity contribution is -0.165. The first-order chi connectivity index (χ1) is 15.7. The summed E-state index contributed by atoms with van der Waals surface area (Å²) in [6.07, 6.45) is 7.13. The number of nitrogens with one attached hydrogen (secondary N) is 1. The van der Waals surface area contributed by atoms with Crippen LogP contribution in [0.3, 0.4) is 0 Å². The highest BCUT2D eigenvalue weighted by Gasteiger charge is 2.63. The van der Waals surface area contributed by atoms with Crippen molar-refractivity contribution in [2.75, 3.05) is 7.05 Å². The number of carbonyl (C=O) groups is 2. The van der Waals surface area contributed by atoms with E-state index in [1.165, 1.54) is 12.8 Å². The molecular formula is C28H40N2O3. The summed E-state index contributed by atoms with van der Waals surface area (Å²) in [7, 11) is 2.03. The number of alkyl carbamates (subject to hydrolysis) is 1. The topological polar surface area (TPSA) is 58.6 Å². The van der Waals surface area contributed by atoms with E-state index in [1.807, 2.05) is 37.4 Å². The molecule has 180 valence electrons. The normalized spacial score (nSPS) is 42.2. The quantitative estimate of drug-likeness (QED) is 0.669. The average Bonchev–Trinajstić information content (AvgIpc) is 3.13. The van der Waals surface area contributed by atoms with Gasteiger partial charge in [0.2, 0.25) is 5.91 Å². The minimum absolute atomic E-state index is 0.126. The average molecular weight is 453 g/mol. The number of amides is 2. The molecule has 1 saturated heterocycles. The molecule has 3 unspecified atom stereocenters. The third-order valence-electron chi connectivity index (χ3n) is 10.4. The number of carbonyl (C=O) groups excluding carboxylic acids is 2. The van der Waals surface area contributed by atoms with Crippen LogP contribution in [0, 0.1) is 34.5 Å². The molecule has 33 heavy (non-hydrogen) atoms. The van der Waals surface area contributed by atoms with E-state index in [9.17, 15) is 9.59 Å². The predicted molar refractivity (Wildman–Crippen MR) is 128 cm³/mol. The minimum Gasteiger partial charge on any atom is -0.445 e. The van der Waals surface area contributed by atoms with Crippen LogP contribution >= 0.6 is 0 Å². The van der Waals surface area contributed by atoms with Gasteiger partial charge in [0.05, 0.1) is 0 Å². The Kier molecular flexibility index (Phi) is 5.73. The second-order valence-corrected chi connectivity index (χ2v) is 11.9. The molecule has 5 heteroatoms. The van der Waals surface area contributed by atoms with Gasteiger partial charge in [-0.25, -0.2) is 4.79 Å². The van der Waals surface area contributed by atoms with Crippen molar-refractivity contribution in [3.8, 4) is 0 Å². The van der Waals surface area contributed by atoms with Crippen LogP contribution in [-0.4, -0.2) is 36.0 Å². The molecule has 1 aromatic rings. The highest BCUT2D eigenvalue weighted by atomic mass is 16.5. The smallest absolute Gasteiger partial charge is 0.407 e. The van der Waals surface area contributed by atoms with Gasteiger partial charge in [0.25, 0.3) is 0 Å². The number of benzene rings is 1. The Hall–Kier alpha value is -2.04. The van der Waals surface area contributed by atoms with E-state index < -0.39 is 0 Å². The van der Waals surface area contributed by atoms with Gasteiger partial charge in [-0.2, -0.15) is 0 Å². The van der Waals surface area contributed by atoms with Crippen LogP contribution in [0.1, 0.15) is 71.3 Å². The zero-order chi connectivity index (χ0) is 23.4. The third-order valence-corrected chi connectivity index (χ3v) is 10.4. The van der Waals surface area contributed by atoms with E-state index in [4.69, 9.17) is 4.74 Å². The van der Waals surface area contributed by atoms with Crippen LogP contribution in [0.2, 0.25) is 0 Å². The van der Waals surface area contributed by atoms with E-state index in [0.29, 0.717) is 48.6 Å². The van der Waals surface area contributed by atoms with E-state index in [-0.39, 0.29) is 23.0 Å². The third kappa shape index (κ3) is 3.66.